The van der Waals surface area contributed by atoms with Gasteiger partial charge in [-0.25, -0.2) is 4.39 Å². The lowest BCUT2D eigenvalue weighted by atomic mass is 9.97. The third-order valence-corrected chi connectivity index (χ3v) is 5.97. The van der Waals surface area contributed by atoms with Crippen molar-refractivity contribution in [3.63, 3.8) is 0 Å². The van der Waals surface area contributed by atoms with Gasteiger partial charge in [-0.2, -0.15) is 0 Å². The molecule has 4 rings (SSSR count). The second kappa shape index (κ2) is 10.7. The number of nitrogens with one attached hydrogen (secondary N) is 1. The molecule has 1 atom stereocenters. The number of ketones is 1. The van der Waals surface area contributed by atoms with Crippen LogP contribution in [0.5, 0.6) is 0 Å². The van der Waals surface area contributed by atoms with Crippen molar-refractivity contribution >= 4 is 23.3 Å². The van der Waals surface area contributed by atoms with E-state index in [1.54, 1.807) is 60.7 Å². The number of benzene rings is 3. The van der Waals surface area contributed by atoms with Crippen molar-refractivity contribution in [1.82, 2.24) is 10.2 Å². The highest BCUT2D eigenvalue weighted by Crippen LogP contribution is 2.22. The highest BCUT2D eigenvalue weighted by atomic mass is 35.5. The molecule has 1 heterocycles. The number of carbonyl (C=O) groups excluding carboxylic acids is 2. The van der Waals surface area contributed by atoms with Crippen molar-refractivity contribution in [2.24, 2.45) is 0 Å². The number of amides is 1. The molecule has 0 aliphatic carbocycles. The fourth-order valence-corrected chi connectivity index (χ4v) is 4.08. The Bertz CT molecular complexity index is 1110. The maximum atomic E-state index is 13.5. The molecule has 0 saturated carbocycles. The van der Waals surface area contributed by atoms with E-state index < -0.39 is 0 Å². The number of hydrogen-bond donors (Lipinski definition) is 1. The van der Waals surface area contributed by atoms with Gasteiger partial charge in [0.15, 0.2) is 5.78 Å². The van der Waals surface area contributed by atoms with Crippen LogP contribution in [0.1, 0.15) is 37.9 Å². The molecular weight excluding hydrogens is 443 g/mol. The lowest BCUT2D eigenvalue weighted by Gasteiger charge is -2.35. The Morgan fingerprint density at radius 2 is 1.58 bits per heavy atom. The first-order valence-corrected chi connectivity index (χ1v) is 11.2. The van der Waals surface area contributed by atoms with Crippen molar-refractivity contribution < 1.29 is 18.7 Å². The molecule has 1 saturated heterocycles. The summed E-state index contributed by atoms with van der Waals surface area (Å²) in [5.74, 6) is -0.896. The van der Waals surface area contributed by atoms with Crippen molar-refractivity contribution in [3.8, 4) is 0 Å². The number of nitrogens with zero attached hydrogens (tertiary/aromatic N) is 1. The third kappa shape index (κ3) is 5.66. The zero-order valence-corrected chi connectivity index (χ0v) is 18.7. The average Bonchev–Trinajstić information content (AvgIpc) is 2.86. The van der Waals surface area contributed by atoms with Crippen LogP contribution in [-0.4, -0.2) is 49.4 Å². The van der Waals surface area contributed by atoms with Crippen molar-refractivity contribution in [2.45, 2.75) is 6.04 Å². The van der Waals surface area contributed by atoms with Crippen LogP contribution in [0, 0.1) is 5.82 Å². The van der Waals surface area contributed by atoms with Gasteiger partial charge in [-0.3, -0.25) is 14.5 Å². The Hall–Kier alpha value is -3.06. The number of rotatable bonds is 7. The normalized spacial score (nSPS) is 15.1. The van der Waals surface area contributed by atoms with Gasteiger partial charge in [0.1, 0.15) is 5.82 Å². The minimum atomic E-state index is -0.340. The van der Waals surface area contributed by atoms with Crippen molar-refractivity contribution in [2.75, 3.05) is 32.8 Å². The van der Waals surface area contributed by atoms with Gasteiger partial charge in [-0.1, -0.05) is 41.9 Å². The minimum absolute atomic E-state index is 0.141. The van der Waals surface area contributed by atoms with E-state index in [1.807, 2.05) is 0 Å². The first kappa shape index (κ1) is 23.1. The van der Waals surface area contributed by atoms with Crippen LogP contribution >= 0.6 is 11.6 Å². The summed E-state index contributed by atoms with van der Waals surface area (Å²) in [6, 6.07) is 19.5. The molecule has 170 valence electrons. The van der Waals surface area contributed by atoms with Crippen LogP contribution < -0.4 is 5.32 Å². The van der Waals surface area contributed by atoms with Gasteiger partial charge in [-0.15, -0.1) is 0 Å². The van der Waals surface area contributed by atoms with E-state index in [0.29, 0.717) is 54.6 Å². The van der Waals surface area contributed by atoms with E-state index in [0.717, 1.165) is 5.56 Å². The van der Waals surface area contributed by atoms with Crippen LogP contribution in [0.4, 0.5) is 4.39 Å². The average molecular weight is 467 g/mol. The van der Waals surface area contributed by atoms with Gasteiger partial charge in [0.05, 0.1) is 24.8 Å². The molecule has 7 heteroatoms. The van der Waals surface area contributed by atoms with Crippen LogP contribution in [0.25, 0.3) is 0 Å². The predicted molar refractivity (Wildman–Crippen MR) is 125 cm³/mol. The van der Waals surface area contributed by atoms with E-state index in [4.69, 9.17) is 16.3 Å². The monoisotopic (exact) mass is 466 g/mol. The van der Waals surface area contributed by atoms with Crippen molar-refractivity contribution in [3.05, 3.63) is 106 Å². The summed E-state index contributed by atoms with van der Waals surface area (Å²) in [5.41, 5.74) is 1.99. The van der Waals surface area contributed by atoms with E-state index in [-0.39, 0.29) is 23.5 Å². The number of ether oxygens (including phenoxy) is 1. The molecule has 5 nitrogen and oxygen atoms in total. The molecule has 0 bridgehead atoms. The molecule has 1 unspecified atom stereocenters. The molecule has 3 aromatic rings. The Balaban J connectivity index is 1.53. The molecule has 1 aliphatic heterocycles. The lowest BCUT2D eigenvalue weighted by molar-refractivity contribution is 0.0162. The summed E-state index contributed by atoms with van der Waals surface area (Å²) >= 11 is 5.93. The molecule has 1 amide bonds. The highest BCUT2D eigenvalue weighted by Gasteiger charge is 2.24. The van der Waals surface area contributed by atoms with Crippen LogP contribution in [0.3, 0.4) is 0 Å². The largest absolute Gasteiger partial charge is 0.379 e. The first-order valence-electron chi connectivity index (χ1n) is 10.8. The Morgan fingerprint density at radius 3 is 2.24 bits per heavy atom. The molecule has 1 aliphatic rings. The summed E-state index contributed by atoms with van der Waals surface area (Å²) in [7, 11) is 0. The number of carbonyl (C=O) groups is 2. The summed E-state index contributed by atoms with van der Waals surface area (Å²) < 4.78 is 18.9. The predicted octanol–water partition coefficient (Wildman–Crippen LogP) is 4.51. The summed E-state index contributed by atoms with van der Waals surface area (Å²) in [4.78, 5) is 28.4. The maximum absolute atomic E-state index is 13.5. The zero-order valence-electron chi connectivity index (χ0n) is 18.0. The van der Waals surface area contributed by atoms with E-state index in [2.05, 4.69) is 10.2 Å². The van der Waals surface area contributed by atoms with E-state index in [1.165, 1.54) is 12.1 Å². The van der Waals surface area contributed by atoms with E-state index in [9.17, 15) is 14.0 Å². The summed E-state index contributed by atoms with van der Waals surface area (Å²) in [6.45, 7) is 2.94. The minimum Gasteiger partial charge on any atom is -0.379 e. The zero-order chi connectivity index (χ0) is 23.2. The quantitative estimate of drug-likeness (QED) is 0.520. The van der Waals surface area contributed by atoms with Crippen LogP contribution in [0.15, 0.2) is 72.8 Å². The van der Waals surface area contributed by atoms with Crippen LogP contribution in [0.2, 0.25) is 5.02 Å². The highest BCUT2D eigenvalue weighted by molar-refractivity contribution is 6.30. The number of hydrogen-bond acceptors (Lipinski definition) is 4. The number of morpholine rings is 1. The van der Waals surface area contributed by atoms with Gasteiger partial charge in [0, 0.05) is 35.8 Å². The fraction of sp³-hybridized carbons (Fsp3) is 0.231. The molecular formula is C26H24ClFN2O3. The standard InChI is InChI=1S/C26H24ClFN2O3/c27-20-9-5-19(6-10-20)25(31)22-3-1-2-4-23(22)26(32)29-17-24(30-13-15-33-16-14-30)18-7-11-21(28)12-8-18/h1-12,24H,13-17H2,(H,29,32). The second-order valence-electron chi connectivity index (χ2n) is 7.81. The third-order valence-electron chi connectivity index (χ3n) is 5.72. The van der Waals surface area contributed by atoms with Gasteiger partial charge in [-0.05, 0) is 48.0 Å². The molecule has 33 heavy (non-hydrogen) atoms. The molecule has 0 aromatic heterocycles. The first-order chi connectivity index (χ1) is 16.0. The summed E-state index contributed by atoms with van der Waals surface area (Å²) in [6.07, 6.45) is 0. The molecule has 1 N–H and O–H groups in total. The smallest absolute Gasteiger partial charge is 0.252 e. The van der Waals surface area contributed by atoms with Gasteiger partial charge in [0.25, 0.3) is 5.91 Å². The SMILES string of the molecule is O=C(NCC(c1ccc(F)cc1)N1CCOCC1)c1ccccc1C(=O)c1ccc(Cl)cc1. The topological polar surface area (TPSA) is 58.6 Å². The van der Waals surface area contributed by atoms with E-state index >= 15 is 0 Å². The molecule has 0 spiro atoms. The Labute approximate surface area is 197 Å². The second-order valence-corrected chi connectivity index (χ2v) is 8.24. The number of halogens is 2. The van der Waals surface area contributed by atoms with Crippen molar-refractivity contribution in [1.29, 1.82) is 0 Å². The lowest BCUT2D eigenvalue weighted by Crippen LogP contribution is -2.44. The molecule has 0 radical (unpaired) electrons. The fourth-order valence-electron chi connectivity index (χ4n) is 3.95. The summed E-state index contributed by atoms with van der Waals surface area (Å²) in [5, 5.41) is 3.51. The molecule has 3 aromatic carbocycles. The Morgan fingerprint density at radius 1 is 0.939 bits per heavy atom. The van der Waals surface area contributed by atoms with Gasteiger partial charge < -0.3 is 10.1 Å². The molecule has 1 fully saturated rings. The van der Waals surface area contributed by atoms with Crippen LogP contribution in [-0.2, 0) is 4.74 Å². The maximum Gasteiger partial charge on any atom is 0.252 e. The van der Waals surface area contributed by atoms with Gasteiger partial charge in [0.2, 0.25) is 0 Å². The van der Waals surface area contributed by atoms with Gasteiger partial charge >= 0.3 is 0 Å². The Kier molecular flexibility index (Phi) is 7.50.